The third-order valence-corrected chi connectivity index (χ3v) is 4.39. The van der Waals surface area contributed by atoms with Gasteiger partial charge in [-0.05, 0) is 51.4 Å². The molecule has 20 heavy (non-hydrogen) atoms. The Morgan fingerprint density at radius 2 is 2.25 bits per heavy atom. The zero-order valence-electron chi connectivity index (χ0n) is 12.4. The van der Waals surface area contributed by atoms with E-state index < -0.39 is 0 Å². The van der Waals surface area contributed by atoms with Crippen LogP contribution in [0, 0.1) is 5.92 Å². The van der Waals surface area contributed by atoms with Gasteiger partial charge < -0.3 is 15.4 Å². The molecule has 0 bridgehead atoms. The molecule has 1 fully saturated rings. The van der Waals surface area contributed by atoms with E-state index in [4.69, 9.17) is 16.3 Å². The lowest BCUT2D eigenvalue weighted by atomic mass is 9.98. The normalized spacial score (nSPS) is 22.4. The maximum absolute atomic E-state index is 6.27. The average Bonchev–Trinajstić information content (AvgIpc) is 2.49. The fourth-order valence-corrected chi connectivity index (χ4v) is 3.11. The third kappa shape index (κ3) is 4.19. The van der Waals surface area contributed by atoms with Crippen molar-refractivity contribution in [1.82, 2.24) is 10.6 Å². The van der Waals surface area contributed by atoms with Gasteiger partial charge in [0.25, 0.3) is 0 Å². The number of nitrogens with one attached hydrogen (secondary N) is 2. The van der Waals surface area contributed by atoms with Gasteiger partial charge in [-0.2, -0.15) is 0 Å². The molecule has 2 rings (SSSR count). The zero-order valence-corrected chi connectivity index (χ0v) is 13.1. The Bertz CT molecular complexity index is 407. The van der Waals surface area contributed by atoms with E-state index >= 15 is 0 Å². The number of hydrogen-bond donors (Lipinski definition) is 2. The molecule has 1 aliphatic heterocycles. The highest BCUT2D eigenvalue weighted by Crippen LogP contribution is 2.27. The molecule has 1 saturated heterocycles. The van der Waals surface area contributed by atoms with Crippen LogP contribution in [-0.2, 0) is 4.74 Å². The van der Waals surface area contributed by atoms with E-state index in [1.54, 1.807) is 7.11 Å². The summed E-state index contributed by atoms with van der Waals surface area (Å²) in [6.45, 7) is 5.46. The molecular formula is C16H25ClN2O. The second-order valence-electron chi connectivity index (χ2n) is 5.59. The first-order chi connectivity index (χ1) is 9.72. The molecule has 112 valence electrons. The minimum absolute atomic E-state index is 0.0137. The third-order valence-electron chi connectivity index (χ3n) is 4.05. The molecule has 4 heteroatoms. The zero-order chi connectivity index (χ0) is 14.4. The van der Waals surface area contributed by atoms with Crippen LogP contribution in [0.2, 0.25) is 5.02 Å². The van der Waals surface area contributed by atoms with E-state index in [1.807, 2.05) is 24.3 Å². The van der Waals surface area contributed by atoms with Crippen LogP contribution in [-0.4, -0.2) is 32.8 Å². The summed E-state index contributed by atoms with van der Waals surface area (Å²) in [7, 11) is 1.74. The molecular weight excluding hydrogens is 272 g/mol. The summed E-state index contributed by atoms with van der Waals surface area (Å²) in [4.78, 5) is 0. The molecule has 2 N–H and O–H groups in total. The van der Waals surface area contributed by atoms with Gasteiger partial charge in [-0.25, -0.2) is 0 Å². The van der Waals surface area contributed by atoms with E-state index in [2.05, 4.69) is 17.6 Å². The lowest BCUT2D eigenvalue weighted by molar-refractivity contribution is 0.0717. The summed E-state index contributed by atoms with van der Waals surface area (Å²) in [5.41, 5.74) is 1.05. The van der Waals surface area contributed by atoms with Crippen LogP contribution in [0.25, 0.3) is 0 Å². The van der Waals surface area contributed by atoms with E-state index in [-0.39, 0.29) is 12.1 Å². The maximum Gasteiger partial charge on any atom is 0.0985 e. The maximum atomic E-state index is 6.27. The molecule has 3 unspecified atom stereocenters. The molecule has 1 aliphatic rings. The Morgan fingerprint density at radius 3 is 2.90 bits per heavy atom. The summed E-state index contributed by atoms with van der Waals surface area (Å²) >= 11 is 6.27. The van der Waals surface area contributed by atoms with Gasteiger partial charge in [-0.15, -0.1) is 0 Å². The standard InChI is InChI=1S/C16H25ClN2O/c1-12(19-11-13-6-5-9-18-10-13)16(20-2)14-7-3-4-8-15(14)17/h3-4,7-8,12-13,16,18-19H,5-6,9-11H2,1-2H3. The first-order valence-corrected chi connectivity index (χ1v) is 7.81. The van der Waals surface area contributed by atoms with Crippen LogP contribution >= 0.6 is 11.6 Å². The van der Waals surface area contributed by atoms with Gasteiger partial charge in [0.1, 0.15) is 0 Å². The molecule has 1 aromatic carbocycles. The first-order valence-electron chi connectivity index (χ1n) is 7.43. The molecule has 3 atom stereocenters. The molecule has 0 spiro atoms. The van der Waals surface area contributed by atoms with Gasteiger partial charge in [0.2, 0.25) is 0 Å². The van der Waals surface area contributed by atoms with Gasteiger partial charge >= 0.3 is 0 Å². The highest BCUT2D eigenvalue weighted by molar-refractivity contribution is 6.31. The Labute approximate surface area is 127 Å². The van der Waals surface area contributed by atoms with Crippen molar-refractivity contribution in [1.29, 1.82) is 0 Å². The number of rotatable bonds is 6. The van der Waals surface area contributed by atoms with Gasteiger partial charge in [-0.1, -0.05) is 29.8 Å². The first kappa shape index (κ1) is 15.8. The molecule has 0 aromatic heterocycles. The monoisotopic (exact) mass is 296 g/mol. The molecule has 1 aromatic rings. The molecule has 3 nitrogen and oxygen atoms in total. The van der Waals surface area contributed by atoms with Gasteiger partial charge in [-0.3, -0.25) is 0 Å². The topological polar surface area (TPSA) is 33.3 Å². The smallest absolute Gasteiger partial charge is 0.0985 e. The Hall–Kier alpha value is -0.610. The number of hydrogen-bond acceptors (Lipinski definition) is 3. The number of halogens is 1. The fraction of sp³-hybridized carbons (Fsp3) is 0.625. The molecule has 0 saturated carbocycles. The van der Waals surface area contributed by atoms with Crippen molar-refractivity contribution in [3.05, 3.63) is 34.9 Å². The van der Waals surface area contributed by atoms with Crippen molar-refractivity contribution in [3.8, 4) is 0 Å². The van der Waals surface area contributed by atoms with Crippen LogP contribution in [0.3, 0.4) is 0 Å². The minimum Gasteiger partial charge on any atom is -0.375 e. The summed E-state index contributed by atoms with van der Waals surface area (Å²) in [5.74, 6) is 0.718. The number of piperidine rings is 1. The molecule has 1 heterocycles. The number of methoxy groups -OCH3 is 1. The Morgan fingerprint density at radius 1 is 1.45 bits per heavy atom. The lowest BCUT2D eigenvalue weighted by Crippen LogP contribution is -2.41. The molecule has 0 radical (unpaired) electrons. The van der Waals surface area contributed by atoms with Gasteiger partial charge in [0.05, 0.1) is 6.10 Å². The van der Waals surface area contributed by atoms with Crippen LogP contribution < -0.4 is 10.6 Å². The second kappa shape index (κ2) is 7.99. The molecule has 0 amide bonds. The SMILES string of the molecule is COC(c1ccccc1Cl)C(C)NCC1CCCNC1. The molecule has 0 aliphatic carbocycles. The largest absolute Gasteiger partial charge is 0.375 e. The second-order valence-corrected chi connectivity index (χ2v) is 5.99. The van der Waals surface area contributed by atoms with Crippen LogP contribution in [0.1, 0.15) is 31.4 Å². The van der Waals surface area contributed by atoms with Crippen molar-refractivity contribution in [2.24, 2.45) is 5.92 Å². The Kier molecular flexibility index (Phi) is 6.30. The van der Waals surface area contributed by atoms with Crippen LogP contribution in [0.15, 0.2) is 24.3 Å². The van der Waals surface area contributed by atoms with Gasteiger partial charge in [0, 0.05) is 23.7 Å². The van der Waals surface area contributed by atoms with E-state index in [1.165, 1.54) is 12.8 Å². The minimum atomic E-state index is -0.0137. The lowest BCUT2D eigenvalue weighted by Gasteiger charge is -2.28. The van der Waals surface area contributed by atoms with Crippen molar-refractivity contribution in [2.45, 2.75) is 31.9 Å². The quantitative estimate of drug-likeness (QED) is 0.847. The van der Waals surface area contributed by atoms with Crippen molar-refractivity contribution in [3.63, 3.8) is 0 Å². The summed E-state index contributed by atoms with van der Waals surface area (Å²) in [5, 5.41) is 7.83. The van der Waals surface area contributed by atoms with Crippen molar-refractivity contribution < 1.29 is 4.74 Å². The summed E-state index contributed by atoms with van der Waals surface area (Å²) in [6, 6.07) is 8.15. The number of benzene rings is 1. The average molecular weight is 297 g/mol. The van der Waals surface area contributed by atoms with Crippen LogP contribution in [0.4, 0.5) is 0 Å². The predicted octanol–water partition coefficient (Wildman–Crippen LogP) is 3.01. The van der Waals surface area contributed by atoms with E-state index in [0.29, 0.717) is 0 Å². The van der Waals surface area contributed by atoms with Crippen molar-refractivity contribution in [2.75, 3.05) is 26.7 Å². The summed E-state index contributed by atoms with van der Waals surface area (Å²) in [6.07, 6.45) is 2.57. The van der Waals surface area contributed by atoms with Crippen LogP contribution in [0.5, 0.6) is 0 Å². The Balaban J connectivity index is 1.91. The van der Waals surface area contributed by atoms with Gasteiger partial charge in [0.15, 0.2) is 0 Å². The number of ether oxygens (including phenoxy) is 1. The van der Waals surface area contributed by atoms with E-state index in [9.17, 15) is 0 Å². The summed E-state index contributed by atoms with van der Waals surface area (Å²) < 4.78 is 5.66. The van der Waals surface area contributed by atoms with E-state index in [0.717, 1.165) is 36.1 Å². The predicted molar refractivity (Wildman–Crippen MR) is 84.3 cm³/mol. The van der Waals surface area contributed by atoms with Crippen molar-refractivity contribution >= 4 is 11.6 Å². The highest BCUT2D eigenvalue weighted by atomic mass is 35.5. The fourth-order valence-electron chi connectivity index (χ4n) is 2.86. The highest BCUT2D eigenvalue weighted by Gasteiger charge is 2.22.